The van der Waals surface area contributed by atoms with Crippen LogP contribution in [0.25, 0.3) is 0 Å². The Morgan fingerprint density at radius 3 is 2.51 bits per heavy atom. The molecule has 4 rings (SSSR count). The van der Waals surface area contributed by atoms with Gasteiger partial charge in [-0.15, -0.1) is 0 Å². The molecule has 2 heterocycles. The minimum Gasteiger partial charge on any atom is -0.397 e. The molecular weight excluding hydrogens is 509 g/mol. The Morgan fingerprint density at radius 1 is 1.19 bits per heavy atom. The van der Waals surface area contributed by atoms with E-state index in [1.807, 2.05) is 24.3 Å². The monoisotopic (exact) mass is 536 g/mol. The van der Waals surface area contributed by atoms with Crippen molar-refractivity contribution in [2.24, 2.45) is 5.92 Å². The summed E-state index contributed by atoms with van der Waals surface area (Å²) < 4.78 is 40.0. The quantitative estimate of drug-likeness (QED) is 0.501. The van der Waals surface area contributed by atoms with E-state index in [0.717, 1.165) is 17.3 Å². The zero-order valence-electron chi connectivity index (χ0n) is 20.3. The summed E-state index contributed by atoms with van der Waals surface area (Å²) in [5.41, 5.74) is 5.89. The molecule has 37 heavy (non-hydrogen) atoms. The molecule has 0 radical (unpaired) electrons. The fraction of sp³-hybridized carbons (Fsp3) is 0.423. The first kappa shape index (κ1) is 26.8. The lowest BCUT2D eigenvalue weighted by atomic mass is 9.90. The van der Waals surface area contributed by atoms with Gasteiger partial charge in [0.1, 0.15) is 5.78 Å². The van der Waals surface area contributed by atoms with Crippen molar-refractivity contribution in [1.82, 2.24) is 9.80 Å². The van der Waals surface area contributed by atoms with E-state index in [0.29, 0.717) is 32.5 Å². The molecule has 0 aliphatic carbocycles. The number of alkyl halides is 3. The summed E-state index contributed by atoms with van der Waals surface area (Å²) in [5.74, 6) is -1.34. The van der Waals surface area contributed by atoms with E-state index in [1.54, 1.807) is 9.80 Å². The number of likely N-dealkylation sites (tertiary alicyclic amines) is 1. The second-order valence-electron chi connectivity index (χ2n) is 9.58. The van der Waals surface area contributed by atoms with E-state index in [-0.39, 0.29) is 47.2 Å². The molecule has 0 aromatic heterocycles. The third kappa shape index (κ3) is 6.01. The molecule has 3 N–H and O–H groups in total. The average Bonchev–Trinajstić information content (AvgIpc) is 2.84. The molecule has 7 nitrogen and oxygen atoms in total. The smallest absolute Gasteiger partial charge is 0.397 e. The molecule has 0 bridgehead atoms. The number of para-hydroxylation sites is 1. The Morgan fingerprint density at radius 2 is 1.86 bits per heavy atom. The number of nitrogens with one attached hydrogen (secondary N) is 1. The molecule has 1 unspecified atom stereocenters. The standard InChI is InChI=1S/C26H28ClF3N4O3/c1-15(35)18(10-16-11-20(26(28,29)30)24(31)21(27)12-16)13-23(36)33-8-6-19(7-9-33)34-14-17-4-2-3-5-22(17)32-25(34)37/h2-5,11-12,18-19H,6-10,13-14,31H2,1H3,(H,32,37). The number of urea groups is 1. The first-order valence-corrected chi connectivity index (χ1v) is 12.4. The van der Waals surface area contributed by atoms with Crippen molar-refractivity contribution in [2.45, 2.75) is 51.4 Å². The fourth-order valence-corrected chi connectivity index (χ4v) is 5.20. The van der Waals surface area contributed by atoms with E-state index < -0.39 is 23.3 Å². The Kier molecular flexibility index (Phi) is 7.68. The zero-order chi connectivity index (χ0) is 26.9. The number of nitrogen functional groups attached to an aromatic ring is 1. The minimum atomic E-state index is -4.69. The Bertz CT molecular complexity index is 1210. The number of anilines is 2. The van der Waals surface area contributed by atoms with Crippen LogP contribution in [0.3, 0.4) is 0 Å². The molecule has 2 aromatic carbocycles. The number of carbonyl (C=O) groups excluding carboxylic acids is 3. The number of amides is 3. The van der Waals surface area contributed by atoms with E-state index >= 15 is 0 Å². The van der Waals surface area contributed by atoms with Crippen molar-refractivity contribution >= 4 is 40.7 Å². The molecule has 1 fully saturated rings. The molecule has 2 aromatic rings. The molecule has 198 valence electrons. The van der Waals surface area contributed by atoms with Gasteiger partial charge in [-0.05, 0) is 55.5 Å². The molecule has 2 aliphatic heterocycles. The lowest BCUT2D eigenvalue weighted by Gasteiger charge is -2.40. The first-order chi connectivity index (χ1) is 17.4. The zero-order valence-corrected chi connectivity index (χ0v) is 21.0. The van der Waals surface area contributed by atoms with E-state index in [1.165, 1.54) is 13.0 Å². The van der Waals surface area contributed by atoms with Crippen LogP contribution < -0.4 is 11.1 Å². The Hall–Kier alpha value is -3.27. The van der Waals surface area contributed by atoms with Gasteiger partial charge in [0.15, 0.2) is 0 Å². The lowest BCUT2D eigenvalue weighted by molar-refractivity contribution is -0.137. The van der Waals surface area contributed by atoms with Crippen LogP contribution in [-0.4, -0.2) is 46.7 Å². The molecule has 0 spiro atoms. The van der Waals surface area contributed by atoms with Gasteiger partial charge >= 0.3 is 12.2 Å². The van der Waals surface area contributed by atoms with Gasteiger partial charge in [-0.1, -0.05) is 29.8 Å². The summed E-state index contributed by atoms with van der Waals surface area (Å²) in [6.45, 7) is 2.66. The van der Waals surface area contributed by atoms with Crippen LogP contribution in [0, 0.1) is 5.92 Å². The maximum atomic E-state index is 13.3. The van der Waals surface area contributed by atoms with Gasteiger partial charge in [-0.3, -0.25) is 9.59 Å². The number of fused-ring (bicyclic) bond motifs is 1. The summed E-state index contributed by atoms with van der Waals surface area (Å²) in [5, 5.41) is 2.66. The fourth-order valence-electron chi connectivity index (χ4n) is 4.95. The molecule has 1 atom stereocenters. The summed E-state index contributed by atoms with van der Waals surface area (Å²) in [4.78, 5) is 41.4. The average molecular weight is 537 g/mol. The number of ketones is 1. The predicted octanol–water partition coefficient (Wildman–Crippen LogP) is 5.12. The minimum absolute atomic E-state index is 0.0290. The summed E-state index contributed by atoms with van der Waals surface area (Å²) in [7, 11) is 0. The second-order valence-corrected chi connectivity index (χ2v) is 9.99. The number of benzene rings is 2. The van der Waals surface area contributed by atoms with E-state index in [9.17, 15) is 27.6 Å². The van der Waals surface area contributed by atoms with Crippen LogP contribution in [0.15, 0.2) is 36.4 Å². The van der Waals surface area contributed by atoms with Gasteiger partial charge < -0.3 is 20.9 Å². The van der Waals surface area contributed by atoms with Gasteiger partial charge in [-0.2, -0.15) is 13.2 Å². The number of nitrogens with zero attached hydrogens (tertiary/aromatic N) is 2. The van der Waals surface area contributed by atoms with Crippen LogP contribution >= 0.6 is 11.6 Å². The highest BCUT2D eigenvalue weighted by Gasteiger charge is 2.36. The van der Waals surface area contributed by atoms with Crippen molar-refractivity contribution in [3.63, 3.8) is 0 Å². The second kappa shape index (κ2) is 10.6. The van der Waals surface area contributed by atoms with Crippen molar-refractivity contribution in [3.8, 4) is 0 Å². The number of halogens is 4. The normalized spacial score (nSPS) is 17.3. The van der Waals surface area contributed by atoms with Gasteiger partial charge in [0.25, 0.3) is 0 Å². The molecule has 2 aliphatic rings. The van der Waals surface area contributed by atoms with E-state index in [2.05, 4.69) is 5.32 Å². The van der Waals surface area contributed by atoms with Crippen LogP contribution in [-0.2, 0) is 28.7 Å². The highest BCUT2D eigenvalue weighted by Crippen LogP contribution is 2.38. The number of Topliss-reactive ketones (excluding diaryl/α,β-unsaturated/α-hetero) is 1. The highest BCUT2D eigenvalue weighted by atomic mass is 35.5. The molecule has 3 amide bonds. The lowest BCUT2D eigenvalue weighted by Crippen LogP contribution is -2.51. The number of nitrogens with two attached hydrogens (primary N) is 1. The predicted molar refractivity (Wildman–Crippen MR) is 134 cm³/mol. The van der Waals surface area contributed by atoms with Gasteiger partial charge in [0, 0.05) is 43.7 Å². The summed E-state index contributed by atoms with van der Waals surface area (Å²) in [6, 6.07) is 9.61. The van der Waals surface area contributed by atoms with Crippen LogP contribution in [0.2, 0.25) is 5.02 Å². The van der Waals surface area contributed by atoms with Gasteiger partial charge in [-0.25, -0.2) is 4.79 Å². The van der Waals surface area contributed by atoms with Crippen molar-refractivity contribution < 1.29 is 27.6 Å². The van der Waals surface area contributed by atoms with Crippen LogP contribution in [0.4, 0.5) is 29.3 Å². The highest BCUT2D eigenvalue weighted by molar-refractivity contribution is 6.33. The van der Waals surface area contributed by atoms with Crippen LogP contribution in [0.1, 0.15) is 42.9 Å². The number of rotatable bonds is 6. The molecule has 1 saturated heterocycles. The van der Waals surface area contributed by atoms with Crippen molar-refractivity contribution in [1.29, 1.82) is 0 Å². The number of hydrogen-bond acceptors (Lipinski definition) is 4. The number of carbonyl (C=O) groups is 3. The van der Waals surface area contributed by atoms with E-state index in [4.69, 9.17) is 17.3 Å². The SMILES string of the molecule is CC(=O)C(CC(=O)N1CCC(N2Cc3ccccc3NC2=O)CC1)Cc1cc(Cl)c(N)c(C(F)(F)F)c1. The Balaban J connectivity index is 1.37. The van der Waals surface area contributed by atoms with Crippen molar-refractivity contribution in [2.75, 3.05) is 24.1 Å². The van der Waals surface area contributed by atoms with Gasteiger partial charge in [0.05, 0.1) is 16.3 Å². The third-order valence-corrected chi connectivity index (χ3v) is 7.40. The number of hydrogen-bond donors (Lipinski definition) is 2. The molecule has 11 heteroatoms. The first-order valence-electron chi connectivity index (χ1n) is 12.0. The maximum Gasteiger partial charge on any atom is 0.418 e. The third-order valence-electron chi connectivity index (χ3n) is 7.09. The number of piperidine rings is 1. The maximum absolute atomic E-state index is 13.3. The topological polar surface area (TPSA) is 95.7 Å². The largest absolute Gasteiger partial charge is 0.418 e. The summed E-state index contributed by atoms with van der Waals surface area (Å²) in [6.07, 6.45) is -3.69. The van der Waals surface area contributed by atoms with Crippen molar-refractivity contribution in [3.05, 3.63) is 58.1 Å². The van der Waals surface area contributed by atoms with Crippen LogP contribution in [0.5, 0.6) is 0 Å². The Labute approximate surface area is 217 Å². The molecule has 0 saturated carbocycles. The summed E-state index contributed by atoms with van der Waals surface area (Å²) >= 11 is 5.91. The molecular formula is C26H28ClF3N4O3. The van der Waals surface area contributed by atoms with Gasteiger partial charge in [0.2, 0.25) is 5.91 Å².